The maximum Gasteiger partial charge on any atom is 0.0580 e. The second-order valence-electron chi connectivity index (χ2n) is 5.44. The van der Waals surface area contributed by atoms with E-state index in [1.54, 1.807) is 0 Å². The zero-order valence-corrected chi connectivity index (χ0v) is 12.4. The highest BCUT2D eigenvalue weighted by Gasteiger charge is 2.19. The van der Waals surface area contributed by atoms with Crippen molar-refractivity contribution in [2.75, 3.05) is 6.54 Å². The van der Waals surface area contributed by atoms with Crippen molar-refractivity contribution >= 4 is 12.4 Å². The number of aliphatic hydroxyl groups is 1. The zero-order valence-electron chi connectivity index (χ0n) is 11.6. The first kappa shape index (κ1) is 16.5. The van der Waals surface area contributed by atoms with Crippen LogP contribution >= 0.6 is 12.4 Å². The SMILES string of the molecule is Cl.O[C@@H]1CCCCCC[C@@H]1CNCc1ccccc1. The predicted molar refractivity (Wildman–Crippen MR) is 82.6 cm³/mol. The van der Waals surface area contributed by atoms with Gasteiger partial charge in [-0.3, -0.25) is 0 Å². The Morgan fingerprint density at radius 2 is 1.68 bits per heavy atom. The minimum atomic E-state index is -0.103. The van der Waals surface area contributed by atoms with Crippen LogP contribution in [-0.2, 0) is 6.54 Å². The van der Waals surface area contributed by atoms with Crippen LogP contribution in [0, 0.1) is 5.92 Å². The summed E-state index contributed by atoms with van der Waals surface area (Å²) in [5.74, 6) is 0.439. The molecule has 1 aromatic carbocycles. The van der Waals surface area contributed by atoms with Crippen molar-refractivity contribution in [2.45, 2.75) is 51.2 Å². The summed E-state index contributed by atoms with van der Waals surface area (Å²) in [6.07, 6.45) is 7.14. The van der Waals surface area contributed by atoms with E-state index in [2.05, 4.69) is 29.6 Å². The summed E-state index contributed by atoms with van der Waals surface area (Å²) in [4.78, 5) is 0. The van der Waals surface area contributed by atoms with Crippen LogP contribution in [-0.4, -0.2) is 17.8 Å². The monoisotopic (exact) mass is 283 g/mol. The first-order chi connectivity index (χ1) is 8.86. The molecule has 2 rings (SSSR count). The Morgan fingerprint density at radius 1 is 1.00 bits per heavy atom. The summed E-state index contributed by atoms with van der Waals surface area (Å²) in [6.45, 7) is 1.85. The molecule has 0 spiro atoms. The van der Waals surface area contributed by atoms with Gasteiger partial charge in [0.2, 0.25) is 0 Å². The van der Waals surface area contributed by atoms with Crippen LogP contribution in [0.3, 0.4) is 0 Å². The maximum absolute atomic E-state index is 10.1. The predicted octanol–water partition coefficient (Wildman–Crippen LogP) is 3.53. The fourth-order valence-corrected chi connectivity index (χ4v) is 2.78. The van der Waals surface area contributed by atoms with Crippen LogP contribution in [0.15, 0.2) is 30.3 Å². The lowest BCUT2D eigenvalue weighted by molar-refractivity contribution is 0.0829. The summed E-state index contributed by atoms with van der Waals surface area (Å²) in [5.41, 5.74) is 1.32. The Labute approximate surface area is 123 Å². The summed E-state index contributed by atoms with van der Waals surface area (Å²) in [6, 6.07) is 10.5. The maximum atomic E-state index is 10.1. The Bertz CT molecular complexity index is 331. The number of rotatable bonds is 4. The van der Waals surface area contributed by atoms with Gasteiger partial charge in [0.05, 0.1) is 6.10 Å². The molecule has 2 nitrogen and oxygen atoms in total. The lowest BCUT2D eigenvalue weighted by Crippen LogP contribution is -2.32. The summed E-state index contributed by atoms with van der Waals surface area (Å²) < 4.78 is 0. The fraction of sp³-hybridized carbons (Fsp3) is 0.625. The minimum absolute atomic E-state index is 0. The molecule has 0 unspecified atom stereocenters. The van der Waals surface area contributed by atoms with Gasteiger partial charge in [-0.05, 0) is 24.3 Å². The third-order valence-electron chi connectivity index (χ3n) is 3.95. The highest BCUT2D eigenvalue weighted by molar-refractivity contribution is 5.85. The van der Waals surface area contributed by atoms with Gasteiger partial charge in [0.25, 0.3) is 0 Å². The van der Waals surface area contributed by atoms with Crippen molar-refractivity contribution in [3.63, 3.8) is 0 Å². The Kier molecular flexibility index (Phi) is 8.11. The molecular weight excluding hydrogens is 258 g/mol. The number of hydrogen-bond acceptors (Lipinski definition) is 2. The molecule has 0 amide bonds. The molecule has 0 saturated heterocycles. The highest BCUT2D eigenvalue weighted by atomic mass is 35.5. The van der Waals surface area contributed by atoms with Crippen LogP contribution in [0.1, 0.15) is 44.1 Å². The topological polar surface area (TPSA) is 32.3 Å². The van der Waals surface area contributed by atoms with E-state index in [0.717, 1.165) is 19.5 Å². The smallest absolute Gasteiger partial charge is 0.0580 e. The molecule has 1 aliphatic carbocycles. The number of benzene rings is 1. The van der Waals surface area contributed by atoms with Crippen LogP contribution in [0.2, 0.25) is 0 Å². The molecule has 0 heterocycles. The molecule has 1 aromatic rings. The van der Waals surface area contributed by atoms with E-state index in [4.69, 9.17) is 0 Å². The fourth-order valence-electron chi connectivity index (χ4n) is 2.78. The first-order valence-electron chi connectivity index (χ1n) is 7.29. The van der Waals surface area contributed by atoms with E-state index in [1.807, 2.05) is 6.07 Å². The van der Waals surface area contributed by atoms with Gasteiger partial charge in [-0.1, -0.05) is 56.0 Å². The molecule has 108 valence electrons. The molecule has 1 fully saturated rings. The van der Waals surface area contributed by atoms with Crippen LogP contribution in [0.5, 0.6) is 0 Å². The molecule has 2 N–H and O–H groups in total. The van der Waals surface area contributed by atoms with Crippen LogP contribution in [0.4, 0.5) is 0 Å². The molecule has 0 aliphatic heterocycles. The van der Waals surface area contributed by atoms with E-state index < -0.39 is 0 Å². The second kappa shape index (κ2) is 9.35. The van der Waals surface area contributed by atoms with Gasteiger partial charge < -0.3 is 10.4 Å². The third-order valence-corrected chi connectivity index (χ3v) is 3.95. The third kappa shape index (κ3) is 5.94. The Hall–Kier alpha value is -0.570. The molecule has 3 heteroatoms. The zero-order chi connectivity index (χ0) is 12.6. The van der Waals surface area contributed by atoms with Crippen molar-refractivity contribution in [3.05, 3.63) is 35.9 Å². The molecule has 2 atom stereocenters. The van der Waals surface area contributed by atoms with Gasteiger partial charge >= 0.3 is 0 Å². The van der Waals surface area contributed by atoms with Crippen molar-refractivity contribution in [2.24, 2.45) is 5.92 Å². The average Bonchev–Trinajstić information content (AvgIpc) is 2.39. The Morgan fingerprint density at radius 3 is 2.42 bits per heavy atom. The standard InChI is InChI=1S/C16H25NO.ClH/c18-16-11-7-2-1-6-10-15(16)13-17-12-14-8-4-3-5-9-14;/h3-5,8-9,15-18H,1-2,6-7,10-13H2;1H/t15-,16-;/m1./s1. The molecule has 1 aliphatic rings. The van der Waals surface area contributed by atoms with E-state index >= 15 is 0 Å². The molecule has 0 bridgehead atoms. The Balaban J connectivity index is 0.00000180. The quantitative estimate of drug-likeness (QED) is 0.886. The van der Waals surface area contributed by atoms with Crippen LogP contribution in [0.25, 0.3) is 0 Å². The second-order valence-corrected chi connectivity index (χ2v) is 5.44. The number of hydrogen-bond donors (Lipinski definition) is 2. The van der Waals surface area contributed by atoms with E-state index in [-0.39, 0.29) is 18.5 Å². The number of aliphatic hydroxyl groups excluding tert-OH is 1. The first-order valence-corrected chi connectivity index (χ1v) is 7.29. The molecule has 1 saturated carbocycles. The van der Waals surface area contributed by atoms with Crippen molar-refractivity contribution in [1.29, 1.82) is 0 Å². The average molecular weight is 284 g/mol. The van der Waals surface area contributed by atoms with Gasteiger partial charge in [0, 0.05) is 13.1 Å². The van der Waals surface area contributed by atoms with Gasteiger partial charge in [0.1, 0.15) is 0 Å². The van der Waals surface area contributed by atoms with Gasteiger partial charge in [-0.25, -0.2) is 0 Å². The van der Waals surface area contributed by atoms with Crippen molar-refractivity contribution < 1.29 is 5.11 Å². The highest BCUT2D eigenvalue weighted by Crippen LogP contribution is 2.22. The van der Waals surface area contributed by atoms with E-state index in [0.29, 0.717) is 5.92 Å². The van der Waals surface area contributed by atoms with Crippen molar-refractivity contribution in [1.82, 2.24) is 5.32 Å². The van der Waals surface area contributed by atoms with E-state index in [1.165, 1.54) is 37.7 Å². The molecule has 0 aromatic heterocycles. The van der Waals surface area contributed by atoms with Crippen molar-refractivity contribution in [3.8, 4) is 0 Å². The molecule has 19 heavy (non-hydrogen) atoms. The summed E-state index contributed by atoms with van der Waals surface area (Å²) in [7, 11) is 0. The number of halogens is 1. The lowest BCUT2D eigenvalue weighted by atomic mass is 9.88. The summed E-state index contributed by atoms with van der Waals surface area (Å²) in [5, 5.41) is 13.6. The van der Waals surface area contributed by atoms with Gasteiger partial charge in [-0.2, -0.15) is 0 Å². The minimum Gasteiger partial charge on any atom is -0.393 e. The molecular formula is C16H26ClNO. The van der Waals surface area contributed by atoms with Gasteiger partial charge in [-0.15, -0.1) is 12.4 Å². The lowest BCUT2D eigenvalue weighted by Gasteiger charge is -2.25. The summed E-state index contributed by atoms with van der Waals surface area (Å²) >= 11 is 0. The number of nitrogens with one attached hydrogen (secondary N) is 1. The normalized spacial score (nSPS) is 24.1. The molecule has 0 radical (unpaired) electrons. The van der Waals surface area contributed by atoms with E-state index in [9.17, 15) is 5.11 Å². The van der Waals surface area contributed by atoms with Crippen LogP contribution < -0.4 is 5.32 Å². The van der Waals surface area contributed by atoms with Gasteiger partial charge in [0.15, 0.2) is 0 Å². The largest absolute Gasteiger partial charge is 0.393 e.